The molecule has 0 amide bonds. The summed E-state index contributed by atoms with van der Waals surface area (Å²) in [5.74, 6) is -1.48. The number of carbonyl (C=O) groups is 2. The molecule has 0 saturated heterocycles. The Bertz CT molecular complexity index is 508. The molecule has 0 aliphatic carbocycles. The number of rotatable bonds is 25. The molecule has 3 N–H and O–H groups in total. The largest absolute Gasteiger partial charge is 1.00 e. The fourth-order valence-electron chi connectivity index (χ4n) is 3.74. The monoisotopic (exact) mass is 562 g/mol. The number of hydrogen-bond acceptors (Lipinski definition) is 5. The molecular formula is C26H52KO8P. The number of unbranched alkanes of at least 4 members (excludes halogenated alkanes) is 18. The molecule has 0 aromatic rings. The van der Waals surface area contributed by atoms with Crippen LogP contribution in [-0.2, 0) is 18.7 Å². The van der Waals surface area contributed by atoms with Gasteiger partial charge in [-0.25, -0.2) is 0 Å². The van der Waals surface area contributed by atoms with Gasteiger partial charge >= 0.3 is 63.3 Å². The molecule has 1 unspecified atom stereocenters. The summed E-state index contributed by atoms with van der Waals surface area (Å²) < 4.78 is 14.6. The van der Waals surface area contributed by atoms with E-state index in [1.54, 1.807) is 0 Å². The molecule has 210 valence electrons. The molecule has 0 radical (unpaired) electrons. The maximum absolute atomic E-state index is 10.3. The van der Waals surface area contributed by atoms with E-state index in [1.807, 2.05) is 0 Å². The minimum absolute atomic E-state index is 0. The van der Waals surface area contributed by atoms with Crippen molar-refractivity contribution in [3.8, 4) is 0 Å². The topological polar surface area (TPSA) is 144 Å². The van der Waals surface area contributed by atoms with Crippen LogP contribution in [0.5, 0.6) is 0 Å². The van der Waals surface area contributed by atoms with Gasteiger partial charge in [0, 0.05) is 12.8 Å². The zero-order chi connectivity index (χ0) is 26.6. The average molecular weight is 563 g/mol. The van der Waals surface area contributed by atoms with Crippen molar-refractivity contribution in [3.63, 3.8) is 0 Å². The van der Waals surface area contributed by atoms with E-state index in [4.69, 9.17) is 15.1 Å². The Morgan fingerprint density at radius 1 is 0.611 bits per heavy atom. The van der Waals surface area contributed by atoms with Gasteiger partial charge in [0.2, 0.25) is 0 Å². The van der Waals surface area contributed by atoms with Crippen LogP contribution in [-0.4, -0.2) is 33.7 Å². The van der Waals surface area contributed by atoms with Crippen LogP contribution in [0.15, 0.2) is 0 Å². The summed E-state index contributed by atoms with van der Waals surface area (Å²) in [6.45, 7) is 2.36. The smallest absolute Gasteiger partial charge is 0.756 e. The first-order valence-corrected chi connectivity index (χ1v) is 15.3. The minimum Gasteiger partial charge on any atom is -0.756 e. The van der Waals surface area contributed by atoms with E-state index in [0.29, 0.717) is 6.42 Å². The Morgan fingerprint density at radius 3 is 1.17 bits per heavy atom. The third-order valence-corrected chi connectivity index (χ3v) is 6.29. The first-order valence-electron chi connectivity index (χ1n) is 13.8. The second kappa shape index (κ2) is 31.9. The normalized spacial score (nSPS) is 12.2. The summed E-state index contributed by atoms with van der Waals surface area (Å²) in [4.78, 5) is 39.0. The second-order valence-corrected chi connectivity index (χ2v) is 10.5. The third-order valence-electron chi connectivity index (χ3n) is 5.78. The molecule has 0 bridgehead atoms. The summed E-state index contributed by atoms with van der Waals surface area (Å²) in [6, 6.07) is 0. The van der Waals surface area contributed by atoms with Gasteiger partial charge in [0.05, 0.1) is 6.61 Å². The molecule has 8 nitrogen and oxygen atoms in total. The van der Waals surface area contributed by atoms with E-state index in [-0.39, 0.29) is 70.8 Å². The maximum atomic E-state index is 10.3. The van der Waals surface area contributed by atoms with Crippen LogP contribution < -0.4 is 56.3 Å². The average Bonchev–Trinajstić information content (AvgIpc) is 2.77. The van der Waals surface area contributed by atoms with E-state index >= 15 is 0 Å². The van der Waals surface area contributed by atoms with Gasteiger partial charge in [-0.3, -0.25) is 14.2 Å². The van der Waals surface area contributed by atoms with Crippen molar-refractivity contribution < 1.29 is 90.1 Å². The van der Waals surface area contributed by atoms with Crippen molar-refractivity contribution in [3.05, 3.63) is 0 Å². The zero-order valence-corrected chi connectivity index (χ0v) is 27.1. The molecule has 0 spiro atoms. The number of phosphoric acid groups is 1. The Labute approximate surface area is 262 Å². The number of carboxylic acids is 2. The number of hydrogen-bond donors (Lipinski definition) is 3. The molecule has 0 aliphatic rings. The molecule has 1 atom stereocenters. The molecule has 0 fully saturated rings. The Hall–Kier alpha value is 0.686. The van der Waals surface area contributed by atoms with E-state index in [2.05, 4.69) is 11.4 Å². The molecule has 0 aromatic heterocycles. The molecule has 10 heteroatoms. The molecule has 0 heterocycles. The van der Waals surface area contributed by atoms with Crippen LogP contribution in [0.25, 0.3) is 0 Å². The van der Waals surface area contributed by atoms with Crippen molar-refractivity contribution >= 4 is 19.8 Å². The third kappa shape index (κ3) is 44.7. The van der Waals surface area contributed by atoms with Gasteiger partial charge in [0.15, 0.2) is 0 Å². The molecule has 0 saturated carbocycles. The Morgan fingerprint density at radius 2 is 0.889 bits per heavy atom. The first-order chi connectivity index (χ1) is 16.7. The predicted octanol–water partition coefficient (Wildman–Crippen LogP) is 4.23. The number of carboxylic acid groups (broad SMARTS) is 2. The minimum atomic E-state index is -4.50. The van der Waals surface area contributed by atoms with E-state index in [1.165, 1.54) is 70.6 Å². The zero-order valence-electron chi connectivity index (χ0n) is 23.1. The SMILES string of the molecule is CCCCCCCCCCCCCCCCOP(=O)([O-])O.O=C(O)CCCCCCCCC(=O)O.[K+]. The summed E-state index contributed by atoms with van der Waals surface area (Å²) >= 11 is 0. The van der Waals surface area contributed by atoms with Crippen molar-refractivity contribution in [1.82, 2.24) is 0 Å². The van der Waals surface area contributed by atoms with Crippen molar-refractivity contribution in [2.24, 2.45) is 0 Å². The summed E-state index contributed by atoms with van der Waals surface area (Å²) in [5.41, 5.74) is 0. The van der Waals surface area contributed by atoms with Crippen LogP contribution in [0.1, 0.15) is 148 Å². The molecule has 0 rings (SSSR count). The van der Waals surface area contributed by atoms with Gasteiger partial charge in [-0.1, -0.05) is 116 Å². The Balaban J connectivity index is -0.000000635. The summed E-state index contributed by atoms with van der Waals surface area (Å²) in [7, 11) is -4.50. The van der Waals surface area contributed by atoms with Gasteiger partial charge in [-0.15, -0.1) is 0 Å². The fraction of sp³-hybridized carbons (Fsp3) is 0.923. The van der Waals surface area contributed by atoms with E-state index in [9.17, 15) is 19.0 Å². The van der Waals surface area contributed by atoms with Crippen LogP contribution in [0.4, 0.5) is 0 Å². The quantitative estimate of drug-likeness (QED) is 0.0852. The van der Waals surface area contributed by atoms with Gasteiger partial charge in [0.25, 0.3) is 7.82 Å². The van der Waals surface area contributed by atoms with Crippen LogP contribution in [0.3, 0.4) is 0 Å². The summed E-state index contributed by atoms with van der Waals surface area (Å²) in [6.07, 6.45) is 23.4. The molecular weight excluding hydrogens is 510 g/mol. The van der Waals surface area contributed by atoms with Crippen molar-refractivity contribution in [2.75, 3.05) is 6.61 Å². The van der Waals surface area contributed by atoms with Crippen LogP contribution >= 0.6 is 7.82 Å². The summed E-state index contributed by atoms with van der Waals surface area (Å²) in [5, 5.41) is 16.7. The fourth-order valence-corrected chi connectivity index (χ4v) is 4.10. The van der Waals surface area contributed by atoms with E-state index in [0.717, 1.165) is 51.4 Å². The van der Waals surface area contributed by atoms with Gasteiger partial charge in [-0.2, -0.15) is 0 Å². The Kier molecular flexibility index (Phi) is 36.5. The van der Waals surface area contributed by atoms with Gasteiger partial charge in [0.1, 0.15) is 0 Å². The first kappa shape index (κ1) is 41.2. The predicted molar refractivity (Wildman–Crippen MR) is 138 cm³/mol. The molecule has 36 heavy (non-hydrogen) atoms. The molecule has 0 aliphatic heterocycles. The molecule has 0 aromatic carbocycles. The van der Waals surface area contributed by atoms with Crippen molar-refractivity contribution in [1.29, 1.82) is 0 Å². The van der Waals surface area contributed by atoms with Crippen LogP contribution in [0.2, 0.25) is 0 Å². The van der Waals surface area contributed by atoms with Gasteiger partial charge < -0.3 is 24.5 Å². The second-order valence-electron chi connectivity index (χ2n) is 9.31. The number of aliphatic carboxylic acids is 2. The van der Waals surface area contributed by atoms with Crippen LogP contribution in [0, 0.1) is 0 Å². The van der Waals surface area contributed by atoms with E-state index < -0.39 is 19.8 Å². The van der Waals surface area contributed by atoms with Gasteiger partial charge in [-0.05, 0) is 19.3 Å². The maximum Gasteiger partial charge on any atom is 1.00 e. The standard InChI is InChI=1S/C16H35O4P.C10H18O4.K/c1-2-3-4-5-6-7-8-9-10-11-12-13-14-15-16-20-21(17,18)19;11-9(12)7-5-3-1-2-4-6-8-10(13)14;/h2-16H2,1H3,(H2,17,18,19);1-8H2,(H,11,12)(H,13,14);/q;;+1/p-1. The number of phosphoric ester groups is 1. The van der Waals surface area contributed by atoms with Crippen molar-refractivity contribution in [2.45, 2.75) is 148 Å².